The molecule has 1 aliphatic rings. The Morgan fingerprint density at radius 3 is 2.61 bits per heavy atom. The highest BCUT2D eigenvalue weighted by Gasteiger charge is 2.18. The first kappa shape index (κ1) is 27.2. The van der Waals surface area contributed by atoms with Crippen LogP contribution in [0.4, 0.5) is 23.0 Å². The normalized spacial score (nSPS) is 14.4. The summed E-state index contributed by atoms with van der Waals surface area (Å²) in [5.74, 6) is 1.84. The molecule has 1 aromatic heterocycles. The molecule has 2 heterocycles. The van der Waals surface area contributed by atoms with E-state index in [4.69, 9.17) is 9.47 Å². The van der Waals surface area contributed by atoms with Crippen LogP contribution in [0.15, 0.2) is 67.4 Å². The van der Waals surface area contributed by atoms with Gasteiger partial charge in [0.2, 0.25) is 11.9 Å². The van der Waals surface area contributed by atoms with Crippen molar-refractivity contribution in [2.45, 2.75) is 0 Å². The van der Waals surface area contributed by atoms with E-state index in [1.54, 1.807) is 30.5 Å². The zero-order valence-electron chi connectivity index (χ0n) is 21.6. The number of benzene rings is 2. The first-order valence-corrected chi connectivity index (χ1v) is 13.9. The van der Waals surface area contributed by atoms with Crippen LogP contribution in [0, 0.1) is 0 Å². The molecule has 38 heavy (non-hydrogen) atoms. The Bertz CT molecular complexity index is 1230. The predicted molar refractivity (Wildman–Crippen MR) is 151 cm³/mol. The van der Waals surface area contributed by atoms with E-state index < -0.39 is 11.2 Å². The molecule has 0 aliphatic carbocycles. The van der Waals surface area contributed by atoms with Gasteiger partial charge in [-0.2, -0.15) is 4.98 Å². The standard InChI is InChI=1S/C27H32N6O4S/c1-4-25(34)29-21-6-5-7-23(18-21)37-26-24(36-2)19-28-27(31-26)30-20-8-10-22(11-9-20)33-14-12-32(13-15-33)16-17-38(3)35/h4-11,18-19H,1,12-17H2,2-3H3,(H,29,34)(H,28,30,31). The molecule has 1 atom stereocenters. The van der Waals surface area contributed by atoms with Crippen LogP contribution in [0.5, 0.6) is 17.4 Å². The molecule has 1 fully saturated rings. The summed E-state index contributed by atoms with van der Waals surface area (Å²) >= 11 is -0.753. The lowest BCUT2D eigenvalue weighted by Crippen LogP contribution is -2.47. The third kappa shape index (κ3) is 7.60. The topological polar surface area (TPSA) is 115 Å². The second-order valence-corrected chi connectivity index (χ2v) is 10.2. The maximum atomic E-state index is 11.6. The van der Waals surface area contributed by atoms with Crippen LogP contribution in [0.3, 0.4) is 0 Å². The third-order valence-electron chi connectivity index (χ3n) is 6.00. The van der Waals surface area contributed by atoms with Crippen molar-refractivity contribution in [3.63, 3.8) is 0 Å². The lowest BCUT2D eigenvalue weighted by atomic mass is 10.2. The summed E-state index contributed by atoms with van der Waals surface area (Å²) in [7, 11) is 1.52. The zero-order chi connectivity index (χ0) is 26.9. The number of hydrogen-bond acceptors (Lipinski definition) is 9. The highest BCUT2D eigenvalue weighted by Crippen LogP contribution is 2.31. The number of hydrogen-bond donors (Lipinski definition) is 2. The Hall–Kier alpha value is -3.80. The van der Waals surface area contributed by atoms with Crippen LogP contribution >= 0.6 is 0 Å². The number of rotatable bonds is 11. The minimum absolute atomic E-state index is 0.235. The summed E-state index contributed by atoms with van der Waals surface area (Å²) in [6, 6.07) is 15.1. The minimum atomic E-state index is -0.753. The molecule has 1 aliphatic heterocycles. The third-order valence-corrected chi connectivity index (χ3v) is 6.76. The molecule has 1 amide bonds. The molecule has 1 unspecified atom stereocenters. The van der Waals surface area contributed by atoms with Gasteiger partial charge >= 0.3 is 0 Å². The summed E-state index contributed by atoms with van der Waals surface area (Å²) in [6.45, 7) is 8.13. The van der Waals surface area contributed by atoms with Gasteiger partial charge in [0.05, 0.1) is 19.6 Å². The van der Waals surface area contributed by atoms with Gasteiger partial charge in [-0.1, -0.05) is 23.8 Å². The van der Waals surface area contributed by atoms with Gasteiger partial charge in [-0.15, -0.1) is 0 Å². The number of carbonyl (C=O) groups is 1. The van der Waals surface area contributed by atoms with Crippen LogP contribution in [-0.4, -0.2) is 77.2 Å². The molecule has 1 saturated heterocycles. The van der Waals surface area contributed by atoms with E-state index in [1.807, 2.05) is 12.1 Å². The zero-order valence-corrected chi connectivity index (χ0v) is 22.4. The molecule has 10 nitrogen and oxygen atoms in total. The van der Waals surface area contributed by atoms with Gasteiger partial charge in [0, 0.05) is 55.9 Å². The fourth-order valence-electron chi connectivity index (χ4n) is 3.94. The average molecular weight is 537 g/mol. The van der Waals surface area contributed by atoms with Crippen molar-refractivity contribution >= 4 is 40.1 Å². The summed E-state index contributed by atoms with van der Waals surface area (Å²) < 4.78 is 22.7. The number of carbonyl (C=O) groups excluding carboxylic acids is 1. The van der Waals surface area contributed by atoms with Gasteiger partial charge in [-0.05, 0) is 42.5 Å². The monoisotopic (exact) mass is 536 g/mol. The van der Waals surface area contributed by atoms with Crippen molar-refractivity contribution in [3.05, 3.63) is 67.4 Å². The quantitative estimate of drug-likeness (QED) is 0.280. The summed E-state index contributed by atoms with van der Waals surface area (Å²) in [6.07, 6.45) is 4.49. The number of methoxy groups -OCH3 is 1. The van der Waals surface area contributed by atoms with E-state index in [2.05, 4.69) is 49.1 Å². The van der Waals surface area contributed by atoms with Crippen molar-refractivity contribution in [1.29, 1.82) is 0 Å². The molecule has 0 saturated carbocycles. The fraction of sp³-hybridized carbons (Fsp3) is 0.296. The van der Waals surface area contributed by atoms with Crippen molar-refractivity contribution in [3.8, 4) is 17.4 Å². The summed E-state index contributed by atoms with van der Waals surface area (Å²) in [4.78, 5) is 25.1. The molecule has 0 radical (unpaired) electrons. The molecule has 11 heteroatoms. The van der Waals surface area contributed by atoms with Crippen LogP contribution in [0.1, 0.15) is 0 Å². The largest absolute Gasteiger partial charge is 0.617 e. The minimum Gasteiger partial charge on any atom is -0.617 e. The fourth-order valence-corrected chi connectivity index (χ4v) is 4.46. The number of nitrogens with one attached hydrogen (secondary N) is 2. The van der Waals surface area contributed by atoms with E-state index in [9.17, 15) is 9.35 Å². The average Bonchev–Trinajstić information content (AvgIpc) is 2.93. The van der Waals surface area contributed by atoms with E-state index in [0.717, 1.165) is 49.9 Å². The summed E-state index contributed by atoms with van der Waals surface area (Å²) in [5, 5.41) is 5.91. The number of nitrogens with zero attached hydrogens (tertiary/aromatic N) is 4. The smallest absolute Gasteiger partial charge is 0.267 e. The molecule has 2 aromatic carbocycles. The van der Waals surface area contributed by atoms with Crippen LogP contribution in [0.25, 0.3) is 0 Å². The molecule has 200 valence electrons. The number of piperazine rings is 1. The number of amides is 1. The van der Waals surface area contributed by atoms with E-state index in [0.29, 0.717) is 23.1 Å². The number of aromatic nitrogens is 2. The SMILES string of the molecule is C=CC(=O)Nc1cccc(Oc2nc(Nc3ccc(N4CCN(CC[S+](C)[O-])CC4)cc3)ncc2OC)c1. The van der Waals surface area contributed by atoms with Gasteiger partial charge in [-0.3, -0.25) is 9.69 Å². The molecule has 3 aromatic rings. The second kappa shape index (κ2) is 13.1. The second-order valence-electron chi connectivity index (χ2n) is 8.67. The Morgan fingerprint density at radius 2 is 1.92 bits per heavy atom. The van der Waals surface area contributed by atoms with Crippen molar-refractivity contribution in [1.82, 2.24) is 14.9 Å². The van der Waals surface area contributed by atoms with E-state index in [1.165, 1.54) is 19.4 Å². The van der Waals surface area contributed by atoms with Crippen LogP contribution < -0.4 is 25.0 Å². The Balaban J connectivity index is 1.39. The van der Waals surface area contributed by atoms with Gasteiger partial charge in [-0.25, -0.2) is 4.98 Å². The highest BCUT2D eigenvalue weighted by molar-refractivity contribution is 7.90. The van der Waals surface area contributed by atoms with Crippen molar-refractivity contribution < 1.29 is 18.8 Å². The van der Waals surface area contributed by atoms with Gasteiger partial charge in [0.25, 0.3) is 5.88 Å². The van der Waals surface area contributed by atoms with Gasteiger partial charge in [0.15, 0.2) is 5.75 Å². The molecule has 4 rings (SSSR count). The predicted octanol–water partition coefficient (Wildman–Crippen LogP) is 3.65. The number of anilines is 4. The molecule has 0 spiro atoms. The Kier molecular flexibility index (Phi) is 9.41. The van der Waals surface area contributed by atoms with E-state index >= 15 is 0 Å². The lowest BCUT2D eigenvalue weighted by molar-refractivity contribution is -0.111. The van der Waals surface area contributed by atoms with Crippen LogP contribution in [0.2, 0.25) is 0 Å². The molecular weight excluding hydrogens is 504 g/mol. The van der Waals surface area contributed by atoms with Crippen molar-refractivity contribution in [2.24, 2.45) is 0 Å². The van der Waals surface area contributed by atoms with Gasteiger partial charge < -0.3 is 29.6 Å². The first-order chi connectivity index (χ1) is 18.4. The van der Waals surface area contributed by atoms with Gasteiger partial charge in [0.1, 0.15) is 11.5 Å². The maximum absolute atomic E-state index is 11.6. The highest BCUT2D eigenvalue weighted by atomic mass is 32.2. The maximum Gasteiger partial charge on any atom is 0.267 e. The lowest BCUT2D eigenvalue weighted by Gasteiger charge is -2.36. The summed E-state index contributed by atoms with van der Waals surface area (Å²) in [5.41, 5.74) is 2.55. The molecule has 0 bridgehead atoms. The van der Waals surface area contributed by atoms with Crippen molar-refractivity contribution in [2.75, 3.05) is 67.4 Å². The van der Waals surface area contributed by atoms with Crippen LogP contribution in [-0.2, 0) is 16.0 Å². The Labute approximate surface area is 225 Å². The molecular formula is C27H32N6O4S. The molecule has 2 N–H and O–H groups in total. The Morgan fingerprint density at radius 1 is 1.16 bits per heavy atom. The van der Waals surface area contributed by atoms with E-state index in [-0.39, 0.29) is 11.8 Å². The first-order valence-electron chi connectivity index (χ1n) is 12.2. The number of ether oxygens (including phenoxy) is 2.